The summed E-state index contributed by atoms with van der Waals surface area (Å²) >= 11 is 0. The molecular formula is C21H22F3N5O. The fourth-order valence-electron chi connectivity index (χ4n) is 3.87. The summed E-state index contributed by atoms with van der Waals surface area (Å²) in [6.45, 7) is 3.49. The SMILES string of the molecule is Cc1cc(C(F)(F)F)cc(O)c1-c1ccc2ncc(N[C@@H]3CCCN(C)C3)nc2n1. The molecule has 2 N–H and O–H groups in total. The van der Waals surface area contributed by atoms with Crippen LogP contribution in [0.4, 0.5) is 19.0 Å². The van der Waals surface area contributed by atoms with E-state index in [1.54, 1.807) is 18.3 Å². The van der Waals surface area contributed by atoms with Gasteiger partial charge in [0.2, 0.25) is 0 Å². The maximum atomic E-state index is 13.0. The van der Waals surface area contributed by atoms with E-state index in [2.05, 4.69) is 32.2 Å². The third-order valence-corrected chi connectivity index (χ3v) is 5.28. The Morgan fingerprint density at radius 3 is 2.70 bits per heavy atom. The van der Waals surface area contributed by atoms with Gasteiger partial charge in [0.25, 0.3) is 0 Å². The van der Waals surface area contributed by atoms with Crippen LogP contribution in [0.1, 0.15) is 24.0 Å². The molecular weight excluding hydrogens is 395 g/mol. The van der Waals surface area contributed by atoms with E-state index in [-0.39, 0.29) is 17.2 Å². The predicted molar refractivity (Wildman–Crippen MR) is 108 cm³/mol. The van der Waals surface area contributed by atoms with Gasteiger partial charge in [-0.05, 0) is 63.2 Å². The molecule has 0 saturated carbocycles. The predicted octanol–water partition coefficient (Wildman–Crippen LogP) is 4.23. The highest BCUT2D eigenvalue weighted by Crippen LogP contribution is 2.38. The number of pyridine rings is 1. The van der Waals surface area contributed by atoms with Crippen molar-refractivity contribution >= 4 is 17.0 Å². The molecule has 1 aliphatic rings. The lowest BCUT2D eigenvalue weighted by atomic mass is 10.0. The van der Waals surface area contributed by atoms with Crippen molar-refractivity contribution in [3.63, 3.8) is 0 Å². The van der Waals surface area contributed by atoms with Crippen LogP contribution in [0.15, 0.2) is 30.5 Å². The summed E-state index contributed by atoms with van der Waals surface area (Å²) in [6.07, 6.45) is -0.740. The number of aryl methyl sites for hydroxylation is 1. The minimum absolute atomic E-state index is 0.249. The first-order chi connectivity index (χ1) is 14.2. The first-order valence-corrected chi connectivity index (χ1v) is 9.71. The van der Waals surface area contributed by atoms with Crippen LogP contribution >= 0.6 is 0 Å². The number of phenolic OH excluding ortho intramolecular Hbond substituents is 1. The standard InChI is InChI=1S/C21H22F3N5O/c1-12-8-13(21(22,23)24)9-17(30)19(12)15-5-6-16-20(27-15)28-18(10-25-16)26-14-4-3-7-29(2)11-14/h5-6,8-10,14,30H,3-4,7,11H2,1-2H3,(H,26,27,28)/t14-/m1/s1. The first kappa shape index (κ1) is 20.3. The number of nitrogens with zero attached hydrogens (tertiary/aromatic N) is 4. The fraction of sp³-hybridized carbons (Fsp3) is 0.381. The van der Waals surface area contributed by atoms with Gasteiger partial charge in [-0.25, -0.2) is 15.0 Å². The molecule has 3 heterocycles. The lowest BCUT2D eigenvalue weighted by molar-refractivity contribution is -0.137. The number of piperidine rings is 1. The monoisotopic (exact) mass is 417 g/mol. The number of alkyl halides is 3. The average molecular weight is 417 g/mol. The number of anilines is 1. The normalized spacial score (nSPS) is 18.0. The number of aromatic nitrogens is 3. The molecule has 1 fully saturated rings. The smallest absolute Gasteiger partial charge is 0.416 e. The van der Waals surface area contributed by atoms with E-state index < -0.39 is 17.5 Å². The minimum atomic E-state index is -4.53. The van der Waals surface area contributed by atoms with Crippen LogP contribution in [-0.2, 0) is 6.18 Å². The lowest BCUT2D eigenvalue weighted by Gasteiger charge is -2.30. The van der Waals surface area contributed by atoms with Gasteiger partial charge in [-0.1, -0.05) is 0 Å². The molecule has 6 nitrogen and oxygen atoms in total. The van der Waals surface area contributed by atoms with E-state index in [1.165, 1.54) is 6.92 Å². The van der Waals surface area contributed by atoms with Crippen LogP contribution in [0.25, 0.3) is 22.4 Å². The molecule has 1 atom stereocenters. The molecule has 0 amide bonds. The first-order valence-electron chi connectivity index (χ1n) is 9.71. The summed E-state index contributed by atoms with van der Waals surface area (Å²) in [5, 5.41) is 13.6. The summed E-state index contributed by atoms with van der Waals surface area (Å²) in [7, 11) is 2.08. The molecule has 30 heavy (non-hydrogen) atoms. The van der Waals surface area contributed by atoms with Crippen LogP contribution in [0.3, 0.4) is 0 Å². The van der Waals surface area contributed by atoms with E-state index in [9.17, 15) is 18.3 Å². The highest BCUT2D eigenvalue weighted by Gasteiger charge is 2.32. The van der Waals surface area contributed by atoms with Gasteiger partial charge in [0.15, 0.2) is 5.65 Å². The Morgan fingerprint density at radius 2 is 2.00 bits per heavy atom. The van der Waals surface area contributed by atoms with E-state index in [1.807, 2.05) is 0 Å². The van der Waals surface area contributed by atoms with Crippen molar-refractivity contribution in [2.24, 2.45) is 0 Å². The Bertz CT molecular complexity index is 1060. The molecule has 0 radical (unpaired) electrons. The maximum absolute atomic E-state index is 13.0. The van der Waals surface area contributed by atoms with Crippen molar-refractivity contribution < 1.29 is 18.3 Å². The van der Waals surface area contributed by atoms with Gasteiger partial charge in [-0.3, -0.25) is 0 Å². The fourth-order valence-corrected chi connectivity index (χ4v) is 3.87. The van der Waals surface area contributed by atoms with Gasteiger partial charge >= 0.3 is 6.18 Å². The van der Waals surface area contributed by atoms with Crippen LogP contribution in [0, 0.1) is 6.92 Å². The summed E-state index contributed by atoms with van der Waals surface area (Å²) in [5.41, 5.74) is 0.899. The number of likely N-dealkylation sites (tertiary alicyclic amines) is 1. The second-order valence-corrected chi connectivity index (χ2v) is 7.73. The van der Waals surface area contributed by atoms with Crippen LogP contribution in [0.2, 0.25) is 0 Å². The molecule has 158 valence electrons. The summed E-state index contributed by atoms with van der Waals surface area (Å²) in [6, 6.07) is 5.30. The third-order valence-electron chi connectivity index (χ3n) is 5.28. The van der Waals surface area contributed by atoms with Gasteiger partial charge < -0.3 is 15.3 Å². The lowest BCUT2D eigenvalue weighted by Crippen LogP contribution is -2.39. The number of likely N-dealkylation sites (N-methyl/N-ethyl adjacent to an activating group) is 1. The van der Waals surface area contributed by atoms with E-state index in [4.69, 9.17) is 0 Å². The van der Waals surface area contributed by atoms with Gasteiger partial charge in [-0.2, -0.15) is 13.2 Å². The molecule has 0 aliphatic carbocycles. The van der Waals surface area contributed by atoms with Crippen molar-refractivity contribution in [2.45, 2.75) is 32.0 Å². The molecule has 1 saturated heterocycles. The summed E-state index contributed by atoms with van der Waals surface area (Å²) < 4.78 is 39.0. The number of nitrogens with one attached hydrogen (secondary N) is 1. The van der Waals surface area contributed by atoms with Gasteiger partial charge in [0, 0.05) is 18.2 Å². The maximum Gasteiger partial charge on any atom is 0.416 e. The largest absolute Gasteiger partial charge is 0.507 e. The highest BCUT2D eigenvalue weighted by molar-refractivity contribution is 5.79. The number of phenols is 1. The van der Waals surface area contributed by atoms with E-state index in [0.717, 1.165) is 38.1 Å². The topological polar surface area (TPSA) is 74.2 Å². The number of hydrogen-bond acceptors (Lipinski definition) is 6. The molecule has 3 aromatic rings. The number of fused-ring (bicyclic) bond motifs is 1. The molecule has 0 unspecified atom stereocenters. The zero-order chi connectivity index (χ0) is 21.5. The Morgan fingerprint density at radius 1 is 1.20 bits per heavy atom. The Kier molecular flexibility index (Phi) is 5.23. The molecule has 9 heteroatoms. The van der Waals surface area contributed by atoms with Gasteiger partial charge in [0.1, 0.15) is 17.1 Å². The molecule has 2 aromatic heterocycles. The number of halogens is 3. The molecule has 0 spiro atoms. The quantitative estimate of drug-likeness (QED) is 0.664. The second kappa shape index (κ2) is 7.71. The zero-order valence-corrected chi connectivity index (χ0v) is 16.7. The van der Waals surface area contributed by atoms with Crippen molar-refractivity contribution in [1.29, 1.82) is 0 Å². The summed E-state index contributed by atoms with van der Waals surface area (Å²) in [5.74, 6) is 0.127. The Balaban J connectivity index is 1.67. The second-order valence-electron chi connectivity index (χ2n) is 7.73. The minimum Gasteiger partial charge on any atom is -0.507 e. The number of rotatable bonds is 3. The Labute approximate surface area is 171 Å². The molecule has 1 aliphatic heterocycles. The molecule has 0 bridgehead atoms. The van der Waals surface area contributed by atoms with Crippen molar-refractivity contribution in [3.05, 3.63) is 41.6 Å². The summed E-state index contributed by atoms with van der Waals surface area (Å²) in [4.78, 5) is 15.6. The van der Waals surface area contributed by atoms with Crippen LogP contribution in [-0.4, -0.2) is 51.1 Å². The number of hydrogen-bond donors (Lipinski definition) is 2. The highest BCUT2D eigenvalue weighted by atomic mass is 19.4. The van der Waals surface area contributed by atoms with Gasteiger partial charge in [-0.15, -0.1) is 0 Å². The van der Waals surface area contributed by atoms with Crippen molar-refractivity contribution in [1.82, 2.24) is 19.9 Å². The van der Waals surface area contributed by atoms with E-state index in [0.29, 0.717) is 22.7 Å². The zero-order valence-electron chi connectivity index (χ0n) is 16.7. The number of benzene rings is 1. The number of aromatic hydroxyl groups is 1. The average Bonchev–Trinajstić information content (AvgIpc) is 2.66. The molecule has 1 aromatic carbocycles. The van der Waals surface area contributed by atoms with Crippen LogP contribution in [0.5, 0.6) is 5.75 Å². The molecule has 4 rings (SSSR count). The van der Waals surface area contributed by atoms with Crippen molar-refractivity contribution in [2.75, 3.05) is 25.5 Å². The Hall–Kier alpha value is -2.94. The third kappa shape index (κ3) is 4.16. The van der Waals surface area contributed by atoms with Crippen molar-refractivity contribution in [3.8, 4) is 17.0 Å². The van der Waals surface area contributed by atoms with E-state index >= 15 is 0 Å². The van der Waals surface area contributed by atoms with Crippen LogP contribution < -0.4 is 5.32 Å². The van der Waals surface area contributed by atoms with Gasteiger partial charge in [0.05, 0.1) is 17.5 Å².